The van der Waals surface area contributed by atoms with E-state index in [1.165, 1.54) is 30.3 Å². The quantitative estimate of drug-likeness (QED) is 0.833. The third-order valence-corrected chi connectivity index (χ3v) is 3.01. The average molecular weight is 290 g/mol. The van der Waals surface area contributed by atoms with Gasteiger partial charge in [-0.2, -0.15) is 5.26 Å². The Bertz CT molecular complexity index is 725. The van der Waals surface area contributed by atoms with E-state index in [0.29, 0.717) is 11.3 Å². The van der Waals surface area contributed by atoms with E-state index < -0.39 is 11.7 Å². The molecule has 2 aromatic carbocycles. The van der Waals surface area contributed by atoms with Crippen LogP contribution in [0.2, 0.25) is 5.02 Å². The van der Waals surface area contributed by atoms with Crippen molar-refractivity contribution in [2.75, 3.05) is 11.1 Å². The van der Waals surface area contributed by atoms with Gasteiger partial charge in [0.15, 0.2) is 0 Å². The van der Waals surface area contributed by atoms with Crippen LogP contribution in [0.1, 0.15) is 15.9 Å². The fourth-order valence-corrected chi connectivity index (χ4v) is 1.83. The number of nitrogens with one attached hydrogen (secondary N) is 1. The van der Waals surface area contributed by atoms with Crippen LogP contribution in [0.4, 0.5) is 15.8 Å². The van der Waals surface area contributed by atoms with Crippen LogP contribution in [0.5, 0.6) is 0 Å². The Morgan fingerprint density at radius 1 is 1.35 bits per heavy atom. The van der Waals surface area contributed by atoms with E-state index in [0.717, 1.165) is 6.07 Å². The van der Waals surface area contributed by atoms with Crippen molar-refractivity contribution in [3.63, 3.8) is 0 Å². The molecule has 0 aliphatic rings. The number of halogens is 2. The summed E-state index contributed by atoms with van der Waals surface area (Å²) in [5.41, 5.74) is 6.68. The molecule has 2 aromatic rings. The predicted octanol–water partition coefficient (Wildman–Crippen LogP) is 3.19. The van der Waals surface area contributed by atoms with E-state index in [1.54, 1.807) is 0 Å². The van der Waals surface area contributed by atoms with Gasteiger partial charge >= 0.3 is 0 Å². The maximum atomic E-state index is 13.3. The first-order valence-electron chi connectivity index (χ1n) is 5.58. The number of nitrogens with zero attached hydrogens (tertiary/aromatic N) is 1. The molecule has 1 amide bonds. The molecular weight excluding hydrogens is 281 g/mol. The zero-order chi connectivity index (χ0) is 14.7. The largest absolute Gasteiger partial charge is 0.397 e. The molecule has 0 heterocycles. The molecule has 0 aliphatic carbocycles. The number of nitrogens with two attached hydrogens (primary N) is 1. The van der Waals surface area contributed by atoms with E-state index in [4.69, 9.17) is 22.6 Å². The van der Waals surface area contributed by atoms with E-state index in [2.05, 4.69) is 5.32 Å². The van der Waals surface area contributed by atoms with Crippen LogP contribution >= 0.6 is 11.6 Å². The van der Waals surface area contributed by atoms with Crippen molar-refractivity contribution in [2.24, 2.45) is 0 Å². The Kier molecular flexibility index (Phi) is 3.87. The fraction of sp³-hybridized carbons (Fsp3) is 0. The average Bonchev–Trinajstić information content (AvgIpc) is 2.44. The van der Waals surface area contributed by atoms with E-state index in [1.807, 2.05) is 6.07 Å². The summed E-state index contributed by atoms with van der Waals surface area (Å²) >= 11 is 5.73. The van der Waals surface area contributed by atoms with Crippen molar-refractivity contribution in [1.82, 2.24) is 0 Å². The van der Waals surface area contributed by atoms with Gasteiger partial charge in [0.2, 0.25) is 0 Å². The molecule has 0 spiro atoms. The fourth-order valence-electron chi connectivity index (χ4n) is 1.61. The van der Waals surface area contributed by atoms with Crippen molar-refractivity contribution in [2.45, 2.75) is 0 Å². The lowest BCUT2D eigenvalue weighted by molar-refractivity contribution is 0.102. The first-order valence-corrected chi connectivity index (χ1v) is 5.95. The SMILES string of the molecule is N#Cc1ccc(NC(=O)c2cccc(F)c2Cl)c(N)c1. The van der Waals surface area contributed by atoms with Gasteiger partial charge in [-0.15, -0.1) is 0 Å². The van der Waals surface area contributed by atoms with Crippen LogP contribution in [-0.4, -0.2) is 5.91 Å². The summed E-state index contributed by atoms with van der Waals surface area (Å²) in [6.45, 7) is 0. The number of rotatable bonds is 2. The predicted molar refractivity (Wildman–Crippen MR) is 74.9 cm³/mol. The second kappa shape index (κ2) is 5.59. The van der Waals surface area contributed by atoms with Crippen molar-refractivity contribution >= 4 is 28.9 Å². The molecule has 2 rings (SSSR count). The van der Waals surface area contributed by atoms with Gasteiger partial charge in [0, 0.05) is 0 Å². The molecule has 0 aromatic heterocycles. The van der Waals surface area contributed by atoms with E-state index >= 15 is 0 Å². The summed E-state index contributed by atoms with van der Waals surface area (Å²) in [4.78, 5) is 12.0. The van der Waals surface area contributed by atoms with Gasteiger partial charge in [0.25, 0.3) is 5.91 Å². The minimum Gasteiger partial charge on any atom is -0.397 e. The van der Waals surface area contributed by atoms with Crippen LogP contribution in [0.3, 0.4) is 0 Å². The van der Waals surface area contributed by atoms with Gasteiger partial charge in [0.1, 0.15) is 5.82 Å². The Morgan fingerprint density at radius 2 is 2.10 bits per heavy atom. The highest BCUT2D eigenvalue weighted by Crippen LogP contribution is 2.23. The van der Waals surface area contributed by atoms with Gasteiger partial charge < -0.3 is 11.1 Å². The number of carbonyl (C=O) groups excluding carboxylic acids is 1. The topological polar surface area (TPSA) is 78.9 Å². The lowest BCUT2D eigenvalue weighted by Gasteiger charge is -2.09. The smallest absolute Gasteiger partial charge is 0.257 e. The molecule has 100 valence electrons. The molecule has 0 atom stereocenters. The number of amides is 1. The number of nitriles is 1. The summed E-state index contributed by atoms with van der Waals surface area (Å²) in [7, 11) is 0. The number of hydrogen-bond donors (Lipinski definition) is 2. The monoisotopic (exact) mass is 289 g/mol. The second-order valence-electron chi connectivity index (χ2n) is 3.97. The minimum absolute atomic E-state index is 0.00965. The molecule has 6 heteroatoms. The lowest BCUT2D eigenvalue weighted by Crippen LogP contribution is -2.14. The third kappa shape index (κ3) is 2.71. The Hall–Kier alpha value is -2.58. The number of nitrogen functional groups attached to an aromatic ring is 1. The summed E-state index contributed by atoms with van der Waals surface area (Å²) in [6.07, 6.45) is 0. The molecular formula is C14H9ClFN3O. The highest BCUT2D eigenvalue weighted by Gasteiger charge is 2.14. The minimum atomic E-state index is -0.674. The molecule has 0 saturated heterocycles. The Labute approximate surface area is 119 Å². The molecule has 0 saturated carbocycles. The maximum absolute atomic E-state index is 13.3. The van der Waals surface area contributed by atoms with Gasteiger partial charge in [0.05, 0.1) is 33.6 Å². The van der Waals surface area contributed by atoms with Gasteiger partial charge in [-0.05, 0) is 30.3 Å². The summed E-state index contributed by atoms with van der Waals surface area (Å²) < 4.78 is 13.3. The normalized spacial score (nSPS) is 9.85. The Balaban J connectivity index is 2.29. The number of anilines is 2. The molecule has 0 fully saturated rings. The molecule has 3 N–H and O–H groups in total. The molecule has 0 unspecified atom stereocenters. The zero-order valence-electron chi connectivity index (χ0n) is 10.2. The molecule has 0 aliphatic heterocycles. The summed E-state index contributed by atoms with van der Waals surface area (Å²) in [5, 5.41) is 11.0. The van der Waals surface area contributed by atoms with Gasteiger partial charge in [-0.25, -0.2) is 4.39 Å². The highest BCUT2D eigenvalue weighted by molar-refractivity contribution is 6.34. The third-order valence-electron chi connectivity index (χ3n) is 2.63. The van der Waals surface area contributed by atoms with Crippen molar-refractivity contribution < 1.29 is 9.18 Å². The molecule has 0 bridgehead atoms. The molecule has 0 radical (unpaired) electrons. The van der Waals surface area contributed by atoms with Crippen LogP contribution < -0.4 is 11.1 Å². The maximum Gasteiger partial charge on any atom is 0.257 e. The molecule has 20 heavy (non-hydrogen) atoms. The summed E-state index contributed by atoms with van der Waals surface area (Å²) in [6, 6.07) is 10.3. The van der Waals surface area contributed by atoms with E-state index in [-0.39, 0.29) is 16.3 Å². The van der Waals surface area contributed by atoms with Gasteiger partial charge in [-0.1, -0.05) is 17.7 Å². The first-order chi connectivity index (χ1) is 9.52. The van der Waals surface area contributed by atoms with E-state index in [9.17, 15) is 9.18 Å². The molecule has 4 nitrogen and oxygen atoms in total. The Morgan fingerprint density at radius 3 is 2.75 bits per heavy atom. The van der Waals surface area contributed by atoms with Crippen LogP contribution in [0.25, 0.3) is 0 Å². The van der Waals surface area contributed by atoms with Crippen molar-refractivity contribution in [1.29, 1.82) is 5.26 Å². The lowest BCUT2D eigenvalue weighted by atomic mass is 10.1. The van der Waals surface area contributed by atoms with Crippen molar-refractivity contribution in [3.8, 4) is 6.07 Å². The standard InChI is InChI=1S/C14H9ClFN3O/c15-13-9(2-1-3-10(13)16)14(20)19-12-5-4-8(7-17)6-11(12)18/h1-6H,18H2,(H,19,20). The van der Waals surface area contributed by atoms with Crippen LogP contribution in [-0.2, 0) is 0 Å². The summed E-state index contributed by atoms with van der Waals surface area (Å²) in [5.74, 6) is -1.25. The first kappa shape index (κ1) is 13.8. The highest BCUT2D eigenvalue weighted by atomic mass is 35.5. The van der Waals surface area contributed by atoms with Crippen molar-refractivity contribution in [3.05, 3.63) is 58.4 Å². The zero-order valence-corrected chi connectivity index (χ0v) is 10.9. The second-order valence-corrected chi connectivity index (χ2v) is 4.35. The van der Waals surface area contributed by atoms with Gasteiger partial charge in [-0.3, -0.25) is 4.79 Å². The number of hydrogen-bond acceptors (Lipinski definition) is 3. The van der Waals surface area contributed by atoms with Crippen LogP contribution in [0, 0.1) is 17.1 Å². The number of benzene rings is 2. The number of carbonyl (C=O) groups is 1. The van der Waals surface area contributed by atoms with Crippen LogP contribution in [0.15, 0.2) is 36.4 Å².